The number of amides is 1. The van der Waals surface area contributed by atoms with Crippen LogP contribution in [0, 0.1) is 0 Å². The van der Waals surface area contributed by atoms with E-state index in [4.69, 9.17) is 4.52 Å². The number of hydrogen-bond acceptors (Lipinski definition) is 6. The van der Waals surface area contributed by atoms with Crippen LogP contribution in [0.3, 0.4) is 0 Å². The molecule has 1 atom stereocenters. The lowest BCUT2D eigenvalue weighted by atomic mass is 10.2. The van der Waals surface area contributed by atoms with E-state index in [1.165, 1.54) is 0 Å². The molecule has 2 saturated heterocycles. The highest BCUT2D eigenvalue weighted by Crippen LogP contribution is 2.20. The zero-order chi connectivity index (χ0) is 16.9. The Balaban J connectivity index is 1.38. The molecule has 2 aliphatic rings. The van der Waals surface area contributed by atoms with E-state index in [1.54, 1.807) is 0 Å². The minimum Gasteiger partial charge on any atom is -0.343 e. The molecule has 24 heavy (non-hydrogen) atoms. The minimum absolute atomic E-state index is 0.183. The average molecular weight is 335 g/mol. The number of carbonyl (C=O) groups excluding carboxylic acids is 1. The molecule has 2 fully saturated rings. The van der Waals surface area contributed by atoms with Crippen molar-refractivity contribution < 1.29 is 9.32 Å². The molecule has 3 heterocycles. The van der Waals surface area contributed by atoms with Crippen molar-refractivity contribution in [1.82, 2.24) is 24.8 Å². The average Bonchev–Trinajstić information content (AvgIpc) is 3.24. The van der Waals surface area contributed by atoms with Crippen LogP contribution in [0.1, 0.15) is 50.9 Å². The smallest absolute Gasteiger partial charge is 0.243 e. The van der Waals surface area contributed by atoms with Gasteiger partial charge in [0, 0.05) is 52.1 Å². The van der Waals surface area contributed by atoms with Crippen molar-refractivity contribution in [2.45, 2.75) is 45.6 Å². The molecule has 0 unspecified atom stereocenters. The predicted molar refractivity (Wildman–Crippen MR) is 90.5 cm³/mol. The Labute approximate surface area is 144 Å². The van der Waals surface area contributed by atoms with Gasteiger partial charge in [0.2, 0.25) is 11.8 Å². The van der Waals surface area contributed by atoms with Gasteiger partial charge in [0.25, 0.3) is 0 Å². The molecule has 1 aromatic heterocycles. The third-order valence-electron chi connectivity index (χ3n) is 5.19. The first-order valence-electron chi connectivity index (χ1n) is 9.24. The predicted octanol–water partition coefficient (Wildman–Crippen LogP) is 1.32. The molecule has 0 saturated carbocycles. The Morgan fingerprint density at radius 1 is 1.17 bits per heavy atom. The fourth-order valence-corrected chi connectivity index (χ4v) is 3.54. The van der Waals surface area contributed by atoms with Crippen LogP contribution in [0.2, 0.25) is 0 Å². The summed E-state index contributed by atoms with van der Waals surface area (Å²) in [5, 5.41) is 3.99. The van der Waals surface area contributed by atoms with Crippen LogP contribution < -0.4 is 0 Å². The molecule has 0 aromatic carbocycles. The largest absolute Gasteiger partial charge is 0.343 e. The van der Waals surface area contributed by atoms with Crippen molar-refractivity contribution >= 4 is 5.91 Å². The van der Waals surface area contributed by atoms with E-state index in [-0.39, 0.29) is 6.04 Å². The molecule has 0 radical (unpaired) electrons. The second kappa shape index (κ2) is 8.07. The van der Waals surface area contributed by atoms with Crippen molar-refractivity contribution in [3.8, 4) is 0 Å². The second-order valence-corrected chi connectivity index (χ2v) is 6.79. The number of hydrogen-bond donors (Lipinski definition) is 0. The van der Waals surface area contributed by atoms with Crippen molar-refractivity contribution in [2.75, 3.05) is 45.8 Å². The van der Waals surface area contributed by atoms with E-state index in [1.807, 2.05) is 11.8 Å². The summed E-state index contributed by atoms with van der Waals surface area (Å²) in [4.78, 5) is 23.0. The summed E-state index contributed by atoms with van der Waals surface area (Å²) in [5.74, 6) is 1.85. The molecule has 134 valence electrons. The number of carbonyl (C=O) groups is 1. The van der Waals surface area contributed by atoms with Crippen molar-refractivity contribution in [2.24, 2.45) is 0 Å². The van der Waals surface area contributed by atoms with Gasteiger partial charge in [0.05, 0.1) is 6.04 Å². The van der Waals surface area contributed by atoms with Crippen LogP contribution in [0.4, 0.5) is 0 Å². The minimum atomic E-state index is 0.183. The topological polar surface area (TPSA) is 65.7 Å². The Hall–Kier alpha value is -1.47. The van der Waals surface area contributed by atoms with Gasteiger partial charge >= 0.3 is 0 Å². The fraction of sp³-hybridized carbons (Fsp3) is 0.824. The van der Waals surface area contributed by atoms with Crippen molar-refractivity contribution in [3.63, 3.8) is 0 Å². The van der Waals surface area contributed by atoms with Gasteiger partial charge in [-0.2, -0.15) is 4.98 Å². The fourth-order valence-electron chi connectivity index (χ4n) is 3.54. The second-order valence-electron chi connectivity index (χ2n) is 6.79. The van der Waals surface area contributed by atoms with E-state index in [0.717, 1.165) is 83.2 Å². The van der Waals surface area contributed by atoms with Crippen LogP contribution in [0.25, 0.3) is 0 Å². The summed E-state index contributed by atoms with van der Waals surface area (Å²) in [6.45, 7) is 11.3. The van der Waals surface area contributed by atoms with E-state index in [0.29, 0.717) is 5.91 Å². The highest BCUT2D eigenvalue weighted by Gasteiger charge is 2.26. The number of rotatable bonds is 7. The zero-order valence-corrected chi connectivity index (χ0v) is 14.9. The first kappa shape index (κ1) is 17.4. The lowest BCUT2D eigenvalue weighted by Gasteiger charge is -2.37. The number of nitrogens with zero attached hydrogens (tertiary/aromatic N) is 5. The van der Waals surface area contributed by atoms with Gasteiger partial charge in [-0.25, -0.2) is 0 Å². The summed E-state index contributed by atoms with van der Waals surface area (Å²) in [6, 6.07) is 0.183. The van der Waals surface area contributed by atoms with Gasteiger partial charge in [-0.05, 0) is 26.3 Å². The Kier molecular flexibility index (Phi) is 5.84. The molecule has 1 amide bonds. The highest BCUT2D eigenvalue weighted by atomic mass is 16.5. The number of aryl methyl sites for hydroxylation is 1. The van der Waals surface area contributed by atoms with E-state index >= 15 is 0 Å². The maximum atomic E-state index is 11.6. The summed E-state index contributed by atoms with van der Waals surface area (Å²) in [7, 11) is 0. The first-order chi connectivity index (χ1) is 11.7. The lowest BCUT2D eigenvalue weighted by molar-refractivity contribution is -0.127. The van der Waals surface area contributed by atoms with Crippen molar-refractivity contribution in [3.05, 3.63) is 11.7 Å². The van der Waals surface area contributed by atoms with Gasteiger partial charge < -0.3 is 14.3 Å². The van der Waals surface area contributed by atoms with Crippen molar-refractivity contribution in [1.29, 1.82) is 0 Å². The summed E-state index contributed by atoms with van der Waals surface area (Å²) < 4.78 is 5.38. The normalized spacial score (nSPS) is 21.6. The third kappa shape index (κ3) is 4.13. The number of piperazine rings is 1. The molecule has 0 bridgehead atoms. The third-order valence-corrected chi connectivity index (χ3v) is 5.19. The summed E-state index contributed by atoms with van der Waals surface area (Å²) in [5.41, 5.74) is 0. The zero-order valence-electron chi connectivity index (χ0n) is 14.9. The summed E-state index contributed by atoms with van der Waals surface area (Å²) in [6.07, 6.45) is 3.66. The van der Waals surface area contributed by atoms with Gasteiger partial charge in [-0.3, -0.25) is 9.69 Å². The number of likely N-dealkylation sites (tertiary alicyclic amines) is 1. The number of aromatic nitrogens is 2. The molecule has 0 spiro atoms. The van der Waals surface area contributed by atoms with Crippen LogP contribution in [0.5, 0.6) is 0 Å². The SMILES string of the molecule is CCc1noc([C@@H](C)N2CCN(CCCN3CCCC3=O)CC2)n1. The van der Waals surface area contributed by atoms with Crippen LogP contribution in [-0.4, -0.2) is 76.6 Å². The maximum absolute atomic E-state index is 11.6. The molecule has 2 aliphatic heterocycles. The molecule has 3 rings (SSSR count). The molecule has 1 aromatic rings. The lowest BCUT2D eigenvalue weighted by Crippen LogP contribution is -2.47. The van der Waals surface area contributed by atoms with Gasteiger partial charge in [-0.15, -0.1) is 0 Å². The quantitative estimate of drug-likeness (QED) is 0.749. The first-order valence-corrected chi connectivity index (χ1v) is 9.24. The molecular weight excluding hydrogens is 306 g/mol. The molecular formula is C17H29N5O2. The highest BCUT2D eigenvalue weighted by molar-refractivity contribution is 5.77. The molecule has 7 heteroatoms. The van der Waals surface area contributed by atoms with Gasteiger partial charge in [0.1, 0.15) is 0 Å². The van der Waals surface area contributed by atoms with Crippen LogP contribution in [0.15, 0.2) is 4.52 Å². The molecule has 0 N–H and O–H groups in total. The maximum Gasteiger partial charge on any atom is 0.243 e. The standard InChI is InChI=1S/C17H29N5O2/c1-3-15-18-17(24-19-15)14(2)21-12-10-20(11-13-21)7-5-9-22-8-4-6-16(22)23/h14H,3-13H2,1-2H3/t14-/m1/s1. The Morgan fingerprint density at radius 2 is 1.96 bits per heavy atom. The summed E-state index contributed by atoms with van der Waals surface area (Å²) >= 11 is 0. The van der Waals surface area contributed by atoms with Gasteiger partial charge in [-0.1, -0.05) is 12.1 Å². The van der Waals surface area contributed by atoms with Crippen LogP contribution in [-0.2, 0) is 11.2 Å². The molecule has 0 aliphatic carbocycles. The van der Waals surface area contributed by atoms with E-state index < -0.39 is 0 Å². The van der Waals surface area contributed by atoms with Crippen LogP contribution >= 0.6 is 0 Å². The monoisotopic (exact) mass is 335 g/mol. The van der Waals surface area contributed by atoms with E-state index in [2.05, 4.69) is 26.9 Å². The Morgan fingerprint density at radius 3 is 2.58 bits per heavy atom. The van der Waals surface area contributed by atoms with Gasteiger partial charge in [0.15, 0.2) is 5.82 Å². The molecule has 7 nitrogen and oxygen atoms in total. The van der Waals surface area contributed by atoms with E-state index in [9.17, 15) is 4.79 Å². The Bertz CT molecular complexity index is 539.